The molecule has 1 rings (SSSR count). The molecule has 0 amide bonds. The molecule has 0 fully saturated rings. The van der Waals surface area contributed by atoms with Crippen LogP contribution in [0.3, 0.4) is 0 Å². The highest BCUT2D eigenvalue weighted by atomic mass is 35.5. The lowest BCUT2D eigenvalue weighted by Gasteiger charge is -2.16. The molecule has 0 bridgehead atoms. The summed E-state index contributed by atoms with van der Waals surface area (Å²) in [5.74, 6) is -0.407. The van der Waals surface area contributed by atoms with Crippen molar-refractivity contribution in [2.45, 2.75) is 26.0 Å². The first kappa shape index (κ1) is 13.8. The summed E-state index contributed by atoms with van der Waals surface area (Å²) in [5, 5.41) is 12.5. The summed E-state index contributed by atoms with van der Waals surface area (Å²) in [6.45, 7) is 2.35. The summed E-state index contributed by atoms with van der Waals surface area (Å²) >= 11 is 5.89. The predicted octanol–water partition coefficient (Wildman–Crippen LogP) is 2.30. The molecule has 0 aliphatic carbocycles. The van der Waals surface area contributed by atoms with Crippen molar-refractivity contribution in [1.29, 1.82) is 0 Å². The van der Waals surface area contributed by atoms with Gasteiger partial charge in [0.25, 0.3) is 0 Å². The number of benzene rings is 1. The quantitative estimate of drug-likeness (QED) is 0.821. The number of hydrogen-bond donors (Lipinski definition) is 2. The molecule has 0 saturated carbocycles. The summed E-state index contributed by atoms with van der Waals surface area (Å²) in [4.78, 5) is 10.9. The fraction of sp³-hybridized carbons (Fsp3) is 0.417. The predicted molar refractivity (Wildman–Crippen MR) is 66.6 cm³/mol. The van der Waals surface area contributed by atoms with Crippen LogP contribution in [0.1, 0.15) is 18.9 Å². The molecule has 1 aromatic carbocycles. The van der Waals surface area contributed by atoms with Crippen LogP contribution in [0.4, 0.5) is 0 Å². The van der Waals surface area contributed by atoms with Gasteiger partial charge in [-0.2, -0.15) is 0 Å². The van der Waals surface area contributed by atoms with Crippen LogP contribution in [-0.2, 0) is 11.3 Å². The lowest BCUT2D eigenvalue weighted by molar-refractivity contribution is -0.145. The van der Waals surface area contributed by atoms with E-state index in [-0.39, 0.29) is 0 Å². The van der Waals surface area contributed by atoms with Crippen LogP contribution in [0, 0.1) is 0 Å². The highest BCUT2D eigenvalue weighted by Gasteiger charge is 2.18. The highest BCUT2D eigenvalue weighted by molar-refractivity contribution is 6.30. The largest absolute Gasteiger partial charge is 0.479 e. The van der Waals surface area contributed by atoms with Gasteiger partial charge in [0.05, 0.1) is 0 Å². The van der Waals surface area contributed by atoms with Crippen molar-refractivity contribution in [3.8, 4) is 5.75 Å². The Balaban J connectivity index is 2.92. The Bertz CT molecular complexity index is 395. The molecule has 0 radical (unpaired) electrons. The summed E-state index contributed by atoms with van der Waals surface area (Å²) in [7, 11) is 1.80. The second kappa shape index (κ2) is 6.47. The first-order valence-corrected chi connectivity index (χ1v) is 5.78. The highest BCUT2D eigenvalue weighted by Crippen LogP contribution is 2.24. The van der Waals surface area contributed by atoms with Gasteiger partial charge in [-0.15, -0.1) is 0 Å². The van der Waals surface area contributed by atoms with Crippen LogP contribution < -0.4 is 10.1 Å². The fourth-order valence-electron chi connectivity index (χ4n) is 1.45. The van der Waals surface area contributed by atoms with Gasteiger partial charge in [-0.3, -0.25) is 0 Å². The molecule has 1 atom stereocenters. The second-order valence-corrected chi connectivity index (χ2v) is 4.07. The third-order valence-electron chi connectivity index (χ3n) is 2.31. The Morgan fingerprint density at radius 3 is 2.82 bits per heavy atom. The Kier molecular flexibility index (Phi) is 5.25. The van der Waals surface area contributed by atoms with Crippen LogP contribution in [-0.4, -0.2) is 24.2 Å². The molecule has 94 valence electrons. The molecule has 5 heteroatoms. The van der Waals surface area contributed by atoms with Crippen LogP contribution in [0.15, 0.2) is 18.2 Å². The normalized spacial score (nSPS) is 12.2. The van der Waals surface area contributed by atoms with Crippen molar-refractivity contribution in [1.82, 2.24) is 5.32 Å². The average Bonchev–Trinajstić information content (AvgIpc) is 2.28. The Hall–Kier alpha value is -1.26. The summed E-state index contributed by atoms with van der Waals surface area (Å²) < 4.78 is 5.47. The maximum atomic E-state index is 10.9. The van der Waals surface area contributed by atoms with E-state index >= 15 is 0 Å². The number of nitrogens with one attached hydrogen (secondary N) is 1. The molecular weight excluding hydrogens is 242 g/mol. The number of rotatable bonds is 6. The van der Waals surface area contributed by atoms with Crippen molar-refractivity contribution in [2.24, 2.45) is 0 Å². The maximum absolute atomic E-state index is 10.9. The molecule has 4 nitrogen and oxygen atoms in total. The van der Waals surface area contributed by atoms with Crippen molar-refractivity contribution < 1.29 is 14.6 Å². The Labute approximate surface area is 106 Å². The van der Waals surface area contributed by atoms with E-state index in [0.717, 1.165) is 5.56 Å². The first-order chi connectivity index (χ1) is 8.08. The minimum absolute atomic E-state index is 0.414. The van der Waals surface area contributed by atoms with Gasteiger partial charge in [0.2, 0.25) is 0 Å². The van der Waals surface area contributed by atoms with E-state index in [1.54, 1.807) is 32.2 Å². The number of halogens is 1. The van der Waals surface area contributed by atoms with Gasteiger partial charge in [0.15, 0.2) is 6.10 Å². The van der Waals surface area contributed by atoms with Crippen molar-refractivity contribution in [3.63, 3.8) is 0 Å². The molecule has 0 aromatic heterocycles. The SMILES string of the molecule is CCC(Oc1ccc(Cl)cc1CNC)C(=O)O. The molecule has 0 aliphatic heterocycles. The van der Waals surface area contributed by atoms with Crippen molar-refractivity contribution in [2.75, 3.05) is 7.05 Å². The van der Waals surface area contributed by atoms with Crippen molar-refractivity contribution in [3.05, 3.63) is 28.8 Å². The van der Waals surface area contributed by atoms with Crippen LogP contribution in [0.25, 0.3) is 0 Å². The van der Waals surface area contributed by atoms with E-state index in [1.807, 2.05) is 0 Å². The standard InChI is InChI=1S/C12H16ClNO3/c1-3-10(12(15)16)17-11-5-4-9(13)6-8(11)7-14-2/h4-6,10,14H,3,7H2,1-2H3,(H,15,16). The van der Waals surface area contributed by atoms with Gasteiger partial charge in [-0.05, 0) is 31.7 Å². The molecular formula is C12H16ClNO3. The minimum Gasteiger partial charge on any atom is -0.479 e. The number of carbonyl (C=O) groups is 1. The molecule has 0 spiro atoms. The zero-order valence-electron chi connectivity index (χ0n) is 9.87. The van der Waals surface area contributed by atoms with Crippen LogP contribution in [0.2, 0.25) is 5.02 Å². The van der Waals surface area contributed by atoms with E-state index < -0.39 is 12.1 Å². The topological polar surface area (TPSA) is 58.6 Å². The Morgan fingerprint density at radius 2 is 2.29 bits per heavy atom. The number of hydrogen-bond acceptors (Lipinski definition) is 3. The van der Waals surface area contributed by atoms with E-state index in [2.05, 4.69) is 5.32 Å². The van der Waals surface area contributed by atoms with E-state index in [1.165, 1.54) is 0 Å². The molecule has 0 heterocycles. The summed E-state index contributed by atoms with van der Waals surface area (Å²) in [6, 6.07) is 5.15. The third kappa shape index (κ3) is 3.91. The first-order valence-electron chi connectivity index (χ1n) is 5.41. The Morgan fingerprint density at radius 1 is 1.59 bits per heavy atom. The third-order valence-corrected chi connectivity index (χ3v) is 2.54. The molecule has 0 aliphatic rings. The van der Waals surface area contributed by atoms with Gasteiger partial charge >= 0.3 is 5.97 Å². The molecule has 1 unspecified atom stereocenters. The van der Waals surface area contributed by atoms with Gasteiger partial charge in [0, 0.05) is 17.1 Å². The fourth-order valence-corrected chi connectivity index (χ4v) is 1.65. The average molecular weight is 258 g/mol. The smallest absolute Gasteiger partial charge is 0.344 e. The summed E-state index contributed by atoms with van der Waals surface area (Å²) in [5.41, 5.74) is 0.847. The maximum Gasteiger partial charge on any atom is 0.344 e. The van der Waals surface area contributed by atoms with Crippen molar-refractivity contribution >= 4 is 17.6 Å². The van der Waals surface area contributed by atoms with E-state index in [4.69, 9.17) is 21.4 Å². The lowest BCUT2D eigenvalue weighted by Crippen LogP contribution is -2.26. The molecule has 2 N–H and O–H groups in total. The zero-order chi connectivity index (χ0) is 12.8. The van der Waals surface area contributed by atoms with E-state index in [0.29, 0.717) is 23.7 Å². The number of carboxylic acid groups (broad SMARTS) is 1. The van der Waals surface area contributed by atoms with E-state index in [9.17, 15) is 4.79 Å². The molecule has 1 aromatic rings. The monoisotopic (exact) mass is 257 g/mol. The second-order valence-electron chi connectivity index (χ2n) is 3.64. The number of aliphatic carboxylic acids is 1. The number of carboxylic acids is 1. The molecule has 17 heavy (non-hydrogen) atoms. The lowest BCUT2D eigenvalue weighted by atomic mass is 10.2. The molecule has 0 saturated heterocycles. The van der Waals surface area contributed by atoms with Gasteiger partial charge in [-0.25, -0.2) is 4.79 Å². The van der Waals surface area contributed by atoms with Gasteiger partial charge in [-0.1, -0.05) is 18.5 Å². The van der Waals surface area contributed by atoms with Crippen LogP contribution in [0.5, 0.6) is 5.75 Å². The van der Waals surface area contributed by atoms with Crippen LogP contribution >= 0.6 is 11.6 Å². The minimum atomic E-state index is -0.960. The zero-order valence-corrected chi connectivity index (χ0v) is 10.6. The summed E-state index contributed by atoms with van der Waals surface area (Å²) in [6.07, 6.45) is -0.413. The van der Waals surface area contributed by atoms with Gasteiger partial charge in [0.1, 0.15) is 5.75 Å². The number of ether oxygens (including phenoxy) is 1. The van der Waals surface area contributed by atoms with Gasteiger partial charge < -0.3 is 15.2 Å².